The fourth-order valence-corrected chi connectivity index (χ4v) is 2.14. The summed E-state index contributed by atoms with van der Waals surface area (Å²) in [5.41, 5.74) is 1.03. The van der Waals surface area contributed by atoms with Crippen molar-refractivity contribution in [1.82, 2.24) is 0 Å². The SMILES string of the molecule is FC1CCCCC([C]=[C]c2ccccc2)C1.[C-]#[O+].[C-]#[O+].[C-]#[O+].[C-]#[O+].[C-]#[O+].[C-]#[O+].[Co].[Co]. The van der Waals surface area contributed by atoms with Gasteiger partial charge in [0.25, 0.3) is 0 Å². The van der Waals surface area contributed by atoms with Crippen LogP contribution in [0.5, 0.6) is 0 Å². The van der Waals surface area contributed by atoms with E-state index in [1.165, 1.54) is 0 Å². The number of allylic oxidation sites excluding steroid dienone is 1. The molecule has 1 saturated carbocycles. The Labute approximate surface area is 197 Å². The predicted octanol–water partition coefficient (Wildman–Crippen LogP) is 3.89. The predicted molar refractivity (Wildman–Crippen MR) is 87.1 cm³/mol. The first-order chi connectivity index (χ1) is 13.8. The van der Waals surface area contributed by atoms with Gasteiger partial charge in [-0.15, -0.1) is 0 Å². The second-order valence-electron chi connectivity index (χ2n) is 4.45. The molecule has 0 heterocycles. The molecule has 0 spiro atoms. The Morgan fingerprint density at radius 1 is 0.700 bits per heavy atom. The summed E-state index contributed by atoms with van der Waals surface area (Å²) < 4.78 is 58.4. The zero-order valence-electron chi connectivity index (χ0n) is 15.6. The molecule has 1 aromatic rings. The number of hydrogen-bond acceptors (Lipinski definition) is 0. The molecule has 0 saturated heterocycles. The van der Waals surface area contributed by atoms with Gasteiger partial charge in [-0.25, -0.2) is 4.39 Å². The van der Waals surface area contributed by atoms with Gasteiger partial charge in [-0.3, -0.25) is 0 Å². The Bertz CT molecular complexity index is 533. The van der Waals surface area contributed by atoms with Crippen molar-refractivity contribution in [1.29, 1.82) is 0 Å². The largest absolute Gasteiger partial charge is 0 e. The molecule has 0 N–H and O–H groups in total. The Balaban J connectivity index is -0.0000000657. The Morgan fingerprint density at radius 3 is 1.53 bits per heavy atom. The third kappa shape index (κ3) is 33.9. The van der Waals surface area contributed by atoms with E-state index in [0.29, 0.717) is 6.42 Å². The maximum Gasteiger partial charge on any atom is 0 e. The Kier molecular flexibility index (Phi) is 78.6. The zero-order chi connectivity index (χ0) is 23.2. The topological polar surface area (TPSA) is 119 Å². The van der Waals surface area contributed by atoms with Gasteiger partial charge in [0.2, 0.25) is 0 Å². The molecule has 2 rings (SSSR count). The summed E-state index contributed by atoms with van der Waals surface area (Å²) >= 11 is 0. The average molecular weight is 502 g/mol. The van der Waals surface area contributed by atoms with Crippen LogP contribution in [0.2, 0.25) is 0 Å². The number of rotatable bonds is 2. The van der Waals surface area contributed by atoms with E-state index in [-0.39, 0.29) is 39.5 Å². The number of hydrogen-bond donors (Lipinski definition) is 0. The molecular formula is C21H17Co2FO6. The van der Waals surface area contributed by atoms with Crippen molar-refractivity contribution in [3.8, 4) is 0 Å². The van der Waals surface area contributed by atoms with Crippen LogP contribution in [0.15, 0.2) is 30.3 Å². The third-order valence-electron chi connectivity index (χ3n) is 3.05. The van der Waals surface area contributed by atoms with Crippen LogP contribution < -0.4 is 0 Å². The molecule has 1 aliphatic rings. The number of alkyl halides is 1. The van der Waals surface area contributed by atoms with E-state index in [1.54, 1.807) is 0 Å². The normalized spacial score (nSPS) is 14.7. The van der Waals surface area contributed by atoms with Gasteiger partial charge in [0, 0.05) is 33.6 Å². The van der Waals surface area contributed by atoms with Crippen LogP contribution in [-0.2, 0) is 61.5 Å². The fraction of sp³-hybridized carbons (Fsp3) is 0.333. The molecule has 30 heavy (non-hydrogen) atoms. The molecule has 2 unspecified atom stereocenters. The van der Waals surface area contributed by atoms with Gasteiger partial charge in [0.15, 0.2) is 0 Å². The first-order valence-electron chi connectivity index (χ1n) is 7.28. The summed E-state index contributed by atoms with van der Waals surface area (Å²) in [6.07, 6.45) is 10.3. The summed E-state index contributed by atoms with van der Waals surface area (Å²) in [7, 11) is 0. The van der Waals surface area contributed by atoms with Crippen molar-refractivity contribution in [3.63, 3.8) is 0 Å². The van der Waals surface area contributed by atoms with Crippen molar-refractivity contribution >= 4 is 0 Å². The van der Waals surface area contributed by atoms with E-state index in [4.69, 9.17) is 27.9 Å². The van der Waals surface area contributed by atoms with Crippen LogP contribution in [-0.4, -0.2) is 6.17 Å². The molecule has 162 valence electrons. The van der Waals surface area contributed by atoms with Gasteiger partial charge in [0.1, 0.15) is 6.17 Å². The van der Waals surface area contributed by atoms with Crippen molar-refractivity contribution in [2.45, 2.75) is 38.3 Å². The van der Waals surface area contributed by atoms with Crippen LogP contribution in [0, 0.1) is 58.0 Å². The maximum atomic E-state index is 13.4. The van der Waals surface area contributed by atoms with Crippen molar-refractivity contribution in [3.05, 3.63) is 87.9 Å². The minimum absolute atomic E-state index is 0. The molecule has 0 aliphatic heterocycles. The maximum absolute atomic E-state index is 13.4. The van der Waals surface area contributed by atoms with Gasteiger partial charge in [-0.1, -0.05) is 43.2 Å². The molecule has 1 aliphatic carbocycles. The molecule has 0 aromatic heterocycles. The number of halogens is 1. The van der Waals surface area contributed by atoms with Gasteiger partial charge in [-0.05, 0) is 42.9 Å². The zero-order valence-corrected chi connectivity index (χ0v) is 17.7. The van der Waals surface area contributed by atoms with E-state index in [1.807, 2.05) is 30.3 Å². The quantitative estimate of drug-likeness (QED) is 0.332. The summed E-state index contributed by atoms with van der Waals surface area (Å²) in [5.74, 6) is 0.248. The Morgan fingerprint density at radius 2 is 1.10 bits per heavy atom. The third-order valence-corrected chi connectivity index (χ3v) is 3.05. The fourth-order valence-electron chi connectivity index (χ4n) is 2.14. The first kappa shape index (κ1) is 46.5. The van der Waals surface area contributed by atoms with Crippen molar-refractivity contribution in [2.75, 3.05) is 0 Å². The van der Waals surface area contributed by atoms with Crippen LogP contribution >= 0.6 is 0 Å². The average Bonchev–Trinajstić information content (AvgIpc) is 3.05. The molecule has 1 aromatic carbocycles. The van der Waals surface area contributed by atoms with Crippen LogP contribution in [0.1, 0.15) is 37.7 Å². The van der Waals surface area contributed by atoms with E-state index in [2.05, 4.69) is 52.1 Å². The van der Waals surface area contributed by atoms with Crippen molar-refractivity contribution < 1.29 is 65.9 Å². The first-order valence-corrected chi connectivity index (χ1v) is 7.28. The second kappa shape index (κ2) is 50.7. The molecule has 9 heteroatoms. The standard InChI is InChI=1S/C15H17F.6CO.2Co/c16-15-9-5-4-8-14(12-15)11-10-13-6-2-1-3-7-13;6*1-2;;/h1-3,6-7,14-15H,4-5,8-9,12H2;;;;;;;;. The minimum Gasteiger partial charge on any atom is 0 e. The van der Waals surface area contributed by atoms with E-state index in [9.17, 15) is 4.39 Å². The molecule has 0 bridgehead atoms. The van der Waals surface area contributed by atoms with Crippen LogP contribution in [0.25, 0.3) is 0 Å². The molecule has 4 radical (unpaired) electrons. The summed E-state index contributed by atoms with van der Waals surface area (Å²) in [6, 6.07) is 9.94. The van der Waals surface area contributed by atoms with Crippen LogP contribution in [0.4, 0.5) is 4.39 Å². The Hall–Kier alpha value is -1.66. The van der Waals surface area contributed by atoms with Gasteiger partial charge in [0.05, 0.1) is 0 Å². The van der Waals surface area contributed by atoms with Crippen LogP contribution in [0.3, 0.4) is 0 Å². The van der Waals surface area contributed by atoms with Gasteiger partial charge in [-0.2, -0.15) is 0 Å². The smallest absolute Gasteiger partial charge is 0 e. The van der Waals surface area contributed by atoms with E-state index < -0.39 is 6.17 Å². The summed E-state index contributed by atoms with van der Waals surface area (Å²) in [5, 5.41) is 0. The van der Waals surface area contributed by atoms with E-state index in [0.717, 1.165) is 31.2 Å². The monoisotopic (exact) mass is 502 g/mol. The molecule has 6 nitrogen and oxygen atoms in total. The molecular weight excluding hydrogens is 485 g/mol. The minimum atomic E-state index is -0.641. The summed E-state index contributed by atoms with van der Waals surface area (Å²) in [6.45, 7) is 27.0. The summed E-state index contributed by atoms with van der Waals surface area (Å²) in [4.78, 5) is 0. The number of benzene rings is 1. The van der Waals surface area contributed by atoms with Gasteiger partial charge < -0.3 is 0 Å². The van der Waals surface area contributed by atoms with Crippen molar-refractivity contribution in [2.24, 2.45) is 5.92 Å². The van der Waals surface area contributed by atoms with Gasteiger partial charge >= 0.3 is 67.8 Å². The molecule has 1 fully saturated rings. The van der Waals surface area contributed by atoms with E-state index >= 15 is 0 Å². The molecule has 0 amide bonds. The molecule has 2 atom stereocenters. The second-order valence-corrected chi connectivity index (χ2v) is 4.45.